The second-order valence-electron chi connectivity index (χ2n) is 5.41. The minimum Gasteiger partial charge on any atom is -0.383 e. The smallest absolute Gasteiger partial charge is 0.175 e. The van der Waals surface area contributed by atoms with Crippen molar-refractivity contribution in [1.29, 1.82) is 0 Å². The van der Waals surface area contributed by atoms with E-state index >= 15 is 0 Å². The summed E-state index contributed by atoms with van der Waals surface area (Å²) in [5.41, 5.74) is 5.76. The van der Waals surface area contributed by atoms with Gasteiger partial charge in [0.2, 0.25) is 0 Å². The summed E-state index contributed by atoms with van der Waals surface area (Å²) < 4.78 is 4.99. The fraction of sp³-hybridized carbons (Fsp3) is 0.294. The lowest BCUT2D eigenvalue weighted by Gasteiger charge is -2.23. The van der Waals surface area contributed by atoms with Crippen molar-refractivity contribution in [3.05, 3.63) is 60.2 Å². The van der Waals surface area contributed by atoms with Crippen LogP contribution in [0.1, 0.15) is 11.1 Å². The number of ether oxygens (including phenoxy) is 1. The van der Waals surface area contributed by atoms with Crippen LogP contribution in [0.15, 0.2) is 49.1 Å². The first-order valence-corrected chi connectivity index (χ1v) is 7.78. The first kappa shape index (κ1) is 19.1. The Balaban J connectivity index is 0.00000225. The van der Waals surface area contributed by atoms with Crippen LogP contribution in [0.4, 0.5) is 5.82 Å². The van der Waals surface area contributed by atoms with E-state index in [2.05, 4.69) is 20.7 Å². The van der Waals surface area contributed by atoms with E-state index in [1.807, 2.05) is 24.3 Å². The van der Waals surface area contributed by atoms with E-state index in [1.165, 1.54) is 0 Å². The number of aromatic nitrogens is 2. The van der Waals surface area contributed by atoms with Crippen LogP contribution in [0.25, 0.3) is 5.57 Å². The average Bonchev–Trinajstić information content (AvgIpc) is 3.01. The van der Waals surface area contributed by atoms with Crippen molar-refractivity contribution in [3.8, 4) is 0 Å². The third-order valence-corrected chi connectivity index (χ3v) is 3.74. The Bertz CT molecular complexity index is 681. The number of rotatable bonds is 7. The predicted molar refractivity (Wildman–Crippen MR) is 98.9 cm³/mol. The van der Waals surface area contributed by atoms with Crippen LogP contribution in [0.2, 0.25) is 0 Å². The lowest BCUT2D eigenvalue weighted by atomic mass is 10.1. The number of aliphatic hydroxyl groups is 1. The van der Waals surface area contributed by atoms with Crippen LogP contribution >= 0.6 is 12.4 Å². The molecule has 0 aromatic carbocycles. The van der Waals surface area contributed by atoms with Crippen molar-refractivity contribution in [2.45, 2.75) is 12.8 Å². The maximum absolute atomic E-state index is 10.5. The third kappa shape index (κ3) is 4.67. The molecular formula is C17H22ClN5O2. The summed E-state index contributed by atoms with van der Waals surface area (Å²) in [5, 5.41) is 15.4. The van der Waals surface area contributed by atoms with Crippen LogP contribution in [0.5, 0.6) is 0 Å². The van der Waals surface area contributed by atoms with Gasteiger partial charge in [0.1, 0.15) is 5.82 Å². The molecule has 0 aliphatic carbocycles. The van der Waals surface area contributed by atoms with Crippen LogP contribution in [0.3, 0.4) is 0 Å². The van der Waals surface area contributed by atoms with E-state index in [9.17, 15) is 5.11 Å². The molecule has 1 aliphatic rings. The highest BCUT2D eigenvalue weighted by Gasteiger charge is 2.27. The lowest BCUT2D eigenvalue weighted by Crippen LogP contribution is -2.38. The average molecular weight is 364 g/mol. The molecule has 0 amide bonds. The van der Waals surface area contributed by atoms with E-state index in [0.29, 0.717) is 12.4 Å². The van der Waals surface area contributed by atoms with Crippen molar-refractivity contribution in [3.63, 3.8) is 0 Å². The summed E-state index contributed by atoms with van der Waals surface area (Å²) in [4.78, 5) is 8.51. The Kier molecular flexibility index (Phi) is 7.15. The molecule has 3 rings (SSSR count). The first-order chi connectivity index (χ1) is 11.8. The van der Waals surface area contributed by atoms with Gasteiger partial charge in [-0.05, 0) is 17.7 Å². The SMILES string of the molecule is COCCNCc1ccc(N2NC=C(c3cccnc3)C2O)nc1.Cl. The molecule has 134 valence electrons. The van der Waals surface area contributed by atoms with Crippen molar-refractivity contribution >= 4 is 23.8 Å². The number of pyridine rings is 2. The molecule has 7 nitrogen and oxygen atoms in total. The van der Waals surface area contributed by atoms with Crippen molar-refractivity contribution < 1.29 is 9.84 Å². The number of aliphatic hydroxyl groups excluding tert-OH is 1. The van der Waals surface area contributed by atoms with Crippen molar-refractivity contribution in [2.24, 2.45) is 0 Å². The molecule has 25 heavy (non-hydrogen) atoms. The van der Waals surface area contributed by atoms with Gasteiger partial charge in [-0.3, -0.25) is 4.98 Å². The molecule has 0 saturated heterocycles. The van der Waals surface area contributed by atoms with Crippen molar-refractivity contribution in [1.82, 2.24) is 20.7 Å². The van der Waals surface area contributed by atoms with Gasteiger partial charge in [0.05, 0.1) is 6.61 Å². The molecule has 0 radical (unpaired) electrons. The number of anilines is 1. The fourth-order valence-electron chi connectivity index (χ4n) is 2.45. The molecule has 0 fully saturated rings. The molecule has 0 spiro atoms. The highest BCUT2D eigenvalue weighted by molar-refractivity contribution is 5.85. The van der Waals surface area contributed by atoms with E-state index in [4.69, 9.17) is 4.74 Å². The summed E-state index contributed by atoms with van der Waals surface area (Å²) >= 11 is 0. The van der Waals surface area contributed by atoms with Crippen LogP contribution in [-0.4, -0.2) is 41.6 Å². The summed E-state index contributed by atoms with van der Waals surface area (Å²) in [6.45, 7) is 2.20. The quantitative estimate of drug-likeness (QED) is 0.640. The number of halogens is 1. The summed E-state index contributed by atoms with van der Waals surface area (Å²) in [6.07, 6.45) is 6.18. The van der Waals surface area contributed by atoms with Crippen LogP contribution in [0, 0.1) is 0 Å². The topological polar surface area (TPSA) is 82.5 Å². The normalized spacial score (nSPS) is 16.2. The maximum Gasteiger partial charge on any atom is 0.175 e. The molecule has 3 N–H and O–H groups in total. The molecule has 2 aromatic rings. The van der Waals surface area contributed by atoms with Gasteiger partial charge in [0.25, 0.3) is 0 Å². The molecule has 1 atom stereocenters. The Morgan fingerprint density at radius 2 is 2.20 bits per heavy atom. The highest BCUT2D eigenvalue weighted by Crippen LogP contribution is 2.26. The van der Waals surface area contributed by atoms with Crippen LogP contribution in [-0.2, 0) is 11.3 Å². The molecule has 2 aromatic heterocycles. The summed E-state index contributed by atoms with van der Waals surface area (Å²) in [7, 11) is 1.68. The summed E-state index contributed by atoms with van der Waals surface area (Å²) in [6, 6.07) is 7.62. The molecule has 0 saturated carbocycles. The molecule has 3 heterocycles. The second kappa shape index (κ2) is 9.33. The zero-order chi connectivity index (χ0) is 16.8. The summed E-state index contributed by atoms with van der Waals surface area (Å²) in [5.74, 6) is 0.651. The number of methoxy groups -OCH3 is 1. The zero-order valence-corrected chi connectivity index (χ0v) is 14.7. The highest BCUT2D eigenvalue weighted by atomic mass is 35.5. The zero-order valence-electron chi connectivity index (χ0n) is 13.9. The number of hydrogen-bond acceptors (Lipinski definition) is 7. The van der Waals surface area contributed by atoms with E-state index < -0.39 is 6.23 Å². The van der Waals surface area contributed by atoms with Crippen LogP contribution < -0.4 is 15.8 Å². The minimum absolute atomic E-state index is 0. The van der Waals surface area contributed by atoms with E-state index in [-0.39, 0.29) is 12.4 Å². The molecule has 0 bridgehead atoms. The maximum atomic E-state index is 10.5. The van der Waals surface area contributed by atoms with Gasteiger partial charge in [-0.25, -0.2) is 9.99 Å². The van der Waals surface area contributed by atoms with Gasteiger partial charge in [-0.1, -0.05) is 12.1 Å². The van der Waals surface area contributed by atoms with Gasteiger partial charge in [-0.15, -0.1) is 12.4 Å². The van der Waals surface area contributed by atoms with E-state index in [1.54, 1.807) is 36.9 Å². The van der Waals surface area contributed by atoms with Gasteiger partial charge >= 0.3 is 0 Å². The first-order valence-electron chi connectivity index (χ1n) is 7.78. The van der Waals surface area contributed by atoms with Crippen molar-refractivity contribution in [2.75, 3.05) is 25.3 Å². The largest absolute Gasteiger partial charge is 0.383 e. The number of hydrazine groups is 1. The minimum atomic E-state index is -0.813. The lowest BCUT2D eigenvalue weighted by molar-refractivity contribution is 0.199. The Morgan fingerprint density at radius 3 is 2.88 bits per heavy atom. The second-order valence-corrected chi connectivity index (χ2v) is 5.41. The molecule has 1 unspecified atom stereocenters. The number of hydrogen-bond donors (Lipinski definition) is 3. The Labute approximate surface area is 153 Å². The van der Waals surface area contributed by atoms with Gasteiger partial charge in [-0.2, -0.15) is 0 Å². The molecule has 1 aliphatic heterocycles. The Hall–Kier alpha value is -2.19. The monoisotopic (exact) mass is 363 g/mol. The Morgan fingerprint density at radius 1 is 1.32 bits per heavy atom. The van der Waals surface area contributed by atoms with Gasteiger partial charge in [0, 0.05) is 56.1 Å². The standard InChI is InChI=1S/C17H21N5O2.ClH/c1-24-8-7-19-9-13-4-5-16(20-10-13)22-17(23)15(12-21-22)14-3-2-6-18-11-14;/h2-6,10-12,17,19,21,23H,7-9H2,1H3;1H. The van der Waals surface area contributed by atoms with Gasteiger partial charge < -0.3 is 20.6 Å². The van der Waals surface area contributed by atoms with Gasteiger partial charge in [0.15, 0.2) is 6.23 Å². The fourth-order valence-corrected chi connectivity index (χ4v) is 2.45. The number of nitrogens with zero attached hydrogens (tertiary/aromatic N) is 3. The molecule has 8 heteroatoms. The third-order valence-electron chi connectivity index (χ3n) is 3.74. The van der Waals surface area contributed by atoms with E-state index in [0.717, 1.165) is 29.8 Å². The number of nitrogens with one attached hydrogen (secondary N) is 2. The molecular weight excluding hydrogens is 342 g/mol. The predicted octanol–water partition coefficient (Wildman–Crippen LogP) is 1.32.